The van der Waals surface area contributed by atoms with Crippen LogP contribution in [0, 0.1) is 10.8 Å². The molecule has 2 fully saturated rings. The number of nitrogens with one attached hydrogen (secondary N) is 1. The molecule has 1 aliphatic carbocycles. The van der Waals surface area contributed by atoms with Crippen LogP contribution in [0.4, 0.5) is 0 Å². The molecule has 1 saturated carbocycles. The van der Waals surface area contributed by atoms with Crippen LogP contribution in [0.5, 0.6) is 0 Å². The lowest BCUT2D eigenvalue weighted by atomic mass is 9.60. The van der Waals surface area contributed by atoms with Gasteiger partial charge in [-0.05, 0) is 62.3 Å². The first-order valence-corrected chi connectivity index (χ1v) is 7.45. The van der Waals surface area contributed by atoms with Gasteiger partial charge in [-0.25, -0.2) is 0 Å². The Hall–Kier alpha value is -0.0400. The van der Waals surface area contributed by atoms with Gasteiger partial charge in [0.05, 0.1) is 0 Å². The highest BCUT2D eigenvalue weighted by Gasteiger charge is 2.42. The van der Waals surface area contributed by atoms with Gasteiger partial charge in [-0.2, -0.15) is 0 Å². The summed E-state index contributed by atoms with van der Waals surface area (Å²) < 4.78 is 0. The first-order chi connectivity index (χ1) is 7.74. The summed E-state index contributed by atoms with van der Waals surface area (Å²) in [5.41, 5.74) is 1.45. The third-order valence-corrected chi connectivity index (χ3v) is 5.26. The quantitative estimate of drug-likeness (QED) is 0.755. The molecular formula is C15H29N. The van der Waals surface area contributed by atoms with Gasteiger partial charge in [0.15, 0.2) is 0 Å². The minimum Gasteiger partial charge on any atom is -0.316 e. The highest BCUT2D eigenvalue weighted by atomic mass is 14.9. The molecule has 1 aliphatic heterocycles. The molecule has 0 aromatic heterocycles. The molecule has 0 aromatic rings. The summed E-state index contributed by atoms with van der Waals surface area (Å²) in [5, 5.41) is 3.57. The lowest BCUT2D eigenvalue weighted by Gasteiger charge is -2.45. The fourth-order valence-electron chi connectivity index (χ4n) is 4.22. The second-order valence-corrected chi connectivity index (χ2v) is 6.43. The van der Waals surface area contributed by atoms with E-state index in [2.05, 4.69) is 19.2 Å². The molecule has 0 unspecified atom stereocenters. The number of hydrogen-bond donors (Lipinski definition) is 1. The Kier molecular flexibility index (Phi) is 3.94. The molecule has 1 nitrogen and oxygen atoms in total. The maximum atomic E-state index is 3.57. The van der Waals surface area contributed by atoms with Crippen LogP contribution in [0.2, 0.25) is 0 Å². The largest absolute Gasteiger partial charge is 0.316 e. The zero-order valence-corrected chi connectivity index (χ0v) is 11.3. The van der Waals surface area contributed by atoms with Crippen molar-refractivity contribution in [2.45, 2.75) is 71.6 Å². The Morgan fingerprint density at radius 3 is 1.94 bits per heavy atom. The zero-order chi connectivity index (χ0) is 11.5. The van der Waals surface area contributed by atoms with Gasteiger partial charge in [0.1, 0.15) is 0 Å². The molecule has 1 N–H and O–H groups in total. The summed E-state index contributed by atoms with van der Waals surface area (Å²) in [7, 11) is 0. The minimum absolute atomic E-state index is 0.713. The molecule has 16 heavy (non-hydrogen) atoms. The highest BCUT2D eigenvalue weighted by Crippen LogP contribution is 2.52. The van der Waals surface area contributed by atoms with E-state index in [1.807, 2.05) is 0 Å². The van der Waals surface area contributed by atoms with E-state index in [0.29, 0.717) is 5.41 Å². The van der Waals surface area contributed by atoms with Crippen molar-refractivity contribution in [2.24, 2.45) is 10.8 Å². The Balaban J connectivity index is 1.94. The fourth-order valence-corrected chi connectivity index (χ4v) is 4.22. The molecule has 1 heterocycles. The van der Waals surface area contributed by atoms with Gasteiger partial charge in [-0.3, -0.25) is 0 Å². The molecule has 1 saturated heterocycles. The molecule has 1 spiro atoms. The average Bonchev–Trinajstić information content (AvgIpc) is 2.73. The zero-order valence-electron chi connectivity index (χ0n) is 11.3. The van der Waals surface area contributed by atoms with Crippen LogP contribution in [0.3, 0.4) is 0 Å². The van der Waals surface area contributed by atoms with E-state index >= 15 is 0 Å². The third-order valence-electron chi connectivity index (χ3n) is 5.26. The van der Waals surface area contributed by atoms with Crippen molar-refractivity contribution in [3.8, 4) is 0 Å². The molecule has 2 rings (SSSR count). The fraction of sp³-hybridized carbons (Fsp3) is 1.00. The molecule has 94 valence electrons. The van der Waals surface area contributed by atoms with Crippen LogP contribution in [0.25, 0.3) is 0 Å². The summed E-state index contributed by atoms with van der Waals surface area (Å²) in [5.74, 6) is 0. The Morgan fingerprint density at radius 2 is 1.50 bits per heavy atom. The predicted molar refractivity (Wildman–Crippen MR) is 70.6 cm³/mol. The summed E-state index contributed by atoms with van der Waals surface area (Å²) in [6.45, 7) is 7.30. The van der Waals surface area contributed by atoms with Crippen molar-refractivity contribution < 1.29 is 0 Å². The van der Waals surface area contributed by atoms with Crippen LogP contribution in [0.1, 0.15) is 71.6 Å². The maximum Gasteiger partial charge on any atom is 0.000829 e. The van der Waals surface area contributed by atoms with Crippen molar-refractivity contribution in [1.82, 2.24) is 5.32 Å². The molecule has 0 aromatic carbocycles. The van der Waals surface area contributed by atoms with E-state index < -0.39 is 0 Å². The topological polar surface area (TPSA) is 12.0 Å². The van der Waals surface area contributed by atoms with Crippen LogP contribution < -0.4 is 5.32 Å². The third kappa shape index (κ3) is 2.45. The number of rotatable bonds is 4. The van der Waals surface area contributed by atoms with E-state index in [4.69, 9.17) is 0 Å². The van der Waals surface area contributed by atoms with Gasteiger partial charge < -0.3 is 5.32 Å². The van der Waals surface area contributed by atoms with Gasteiger partial charge in [-0.1, -0.05) is 26.7 Å². The van der Waals surface area contributed by atoms with E-state index in [9.17, 15) is 0 Å². The van der Waals surface area contributed by atoms with E-state index in [0.717, 1.165) is 5.41 Å². The lowest BCUT2D eigenvalue weighted by molar-refractivity contribution is 0.0721. The van der Waals surface area contributed by atoms with Crippen molar-refractivity contribution in [1.29, 1.82) is 0 Å². The van der Waals surface area contributed by atoms with Gasteiger partial charge in [0.25, 0.3) is 0 Å². The van der Waals surface area contributed by atoms with E-state index in [1.165, 1.54) is 70.9 Å². The van der Waals surface area contributed by atoms with Crippen LogP contribution in [-0.4, -0.2) is 13.1 Å². The standard InChI is InChI=1S/C15H29N/c1-3-5-14(6-4-2)7-9-15(10-8-14)11-12-16-13-15/h16H,3-13H2,1-2H3. The molecule has 0 atom stereocenters. The monoisotopic (exact) mass is 223 g/mol. The maximum absolute atomic E-state index is 3.57. The normalized spacial score (nSPS) is 27.4. The summed E-state index contributed by atoms with van der Waals surface area (Å²) >= 11 is 0. The van der Waals surface area contributed by atoms with Crippen molar-refractivity contribution in [3.05, 3.63) is 0 Å². The van der Waals surface area contributed by atoms with Crippen LogP contribution in [0.15, 0.2) is 0 Å². The smallest absolute Gasteiger partial charge is 0.000829 e. The van der Waals surface area contributed by atoms with Crippen molar-refractivity contribution in [3.63, 3.8) is 0 Å². The first kappa shape index (κ1) is 12.4. The SMILES string of the molecule is CCCC1(CCC)CCC2(CCNC2)CC1. The van der Waals surface area contributed by atoms with E-state index in [-0.39, 0.29) is 0 Å². The van der Waals surface area contributed by atoms with Crippen LogP contribution >= 0.6 is 0 Å². The average molecular weight is 223 g/mol. The minimum atomic E-state index is 0.713. The van der Waals surface area contributed by atoms with Gasteiger partial charge in [0.2, 0.25) is 0 Å². The molecular weight excluding hydrogens is 194 g/mol. The second kappa shape index (κ2) is 5.08. The van der Waals surface area contributed by atoms with Crippen LogP contribution in [-0.2, 0) is 0 Å². The Labute approximate surface area is 101 Å². The van der Waals surface area contributed by atoms with Crippen molar-refractivity contribution >= 4 is 0 Å². The summed E-state index contributed by atoms with van der Waals surface area (Å²) in [6.07, 6.45) is 13.2. The summed E-state index contributed by atoms with van der Waals surface area (Å²) in [4.78, 5) is 0. The predicted octanol–water partition coefficient (Wildman–Crippen LogP) is 4.13. The Morgan fingerprint density at radius 1 is 0.875 bits per heavy atom. The molecule has 2 aliphatic rings. The second-order valence-electron chi connectivity index (χ2n) is 6.43. The van der Waals surface area contributed by atoms with Gasteiger partial charge in [0, 0.05) is 6.54 Å². The lowest BCUT2D eigenvalue weighted by Crippen LogP contribution is -2.35. The molecule has 0 amide bonds. The van der Waals surface area contributed by atoms with Crippen molar-refractivity contribution in [2.75, 3.05) is 13.1 Å². The highest BCUT2D eigenvalue weighted by molar-refractivity contribution is 4.96. The number of hydrogen-bond acceptors (Lipinski definition) is 1. The van der Waals surface area contributed by atoms with Gasteiger partial charge >= 0.3 is 0 Å². The Bertz CT molecular complexity index is 197. The van der Waals surface area contributed by atoms with E-state index in [1.54, 1.807) is 0 Å². The molecule has 0 bridgehead atoms. The first-order valence-electron chi connectivity index (χ1n) is 7.45. The van der Waals surface area contributed by atoms with Gasteiger partial charge in [-0.15, -0.1) is 0 Å². The summed E-state index contributed by atoms with van der Waals surface area (Å²) in [6, 6.07) is 0. The molecule has 0 radical (unpaired) electrons. The molecule has 1 heteroatoms.